The fourth-order valence-electron chi connectivity index (χ4n) is 1.89. The highest BCUT2D eigenvalue weighted by atomic mass is 16.5. The quantitative estimate of drug-likeness (QED) is 0.916. The summed E-state index contributed by atoms with van der Waals surface area (Å²) in [5, 5.41) is 0. The van der Waals surface area contributed by atoms with Crippen LogP contribution in [0, 0.1) is 13.8 Å². The molecule has 0 amide bonds. The Balaban J connectivity index is 2.40. The van der Waals surface area contributed by atoms with Crippen molar-refractivity contribution in [2.45, 2.75) is 13.8 Å². The number of benzene rings is 1. The van der Waals surface area contributed by atoms with Gasteiger partial charge in [0, 0.05) is 18.3 Å². The number of hydrogen-bond acceptors (Lipinski definition) is 5. The van der Waals surface area contributed by atoms with Gasteiger partial charge in [-0.15, -0.1) is 0 Å². The Morgan fingerprint density at radius 3 is 2.32 bits per heavy atom. The number of nitrogens with zero attached hydrogens (tertiary/aromatic N) is 3. The van der Waals surface area contributed by atoms with E-state index in [1.54, 1.807) is 7.11 Å². The number of nitrogen functional groups attached to an aromatic ring is 1. The van der Waals surface area contributed by atoms with Crippen LogP contribution in [-0.2, 0) is 0 Å². The van der Waals surface area contributed by atoms with Crippen molar-refractivity contribution in [3.63, 3.8) is 0 Å². The number of rotatable bonds is 3. The van der Waals surface area contributed by atoms with Crippen LogP contribution in [0.25, 0.3) is 0 Å². The van der Waals surface area contributed by atoms with Gasteiger partial charge in [0.15, 0.2) is 0 Å². The first-order chi connectivity index (χ1) is 9.02. The van der Waals surface area contributed by atoms with Crippen molar-refractivity contribution in [3.05, 3.63) is 35.7 Å². The van der Waals surface area contributed by atoms with Gasteiger partial charge in [-0.1, -0.05) is 0 Å². The molecule has 2 aromatic rings. The molecule has 0 bridgehead atoms. The van der Waals surface area contributed by atoms with E-state index in [1.165, 1.54) is 0 Å². The summed E-state index contributed by atoms with van der Waals surface area (Å²) >= 11 is 0. The van der Waals surface area contributed by atoms with Gasteiger partial charge in [-0.25, -0.2) is 9.97 Å². The Bertz CT molecular complexity index is 581. The molecule has 5 nitrogen and oxygen atoms in total. The zero-order valence-electron chi connectivity index (χ0n) is 11.6. The highest BCUT2D eigenvalue weighted by molar-refractivity contribution is 5.66. The van der Waals surface area contributed by atoms with Gasteiger partial charge >= 0.3 is 0 Å². The second-order valence-electron chi connectivity index (χ2n) is 4.36. The van der Waals surface area contributed by atoms with Gasteiger partial charge in [0.2, 0.25) is 0 Å². The third-order valence-corrected chi connectivity index (χ3v) is 3.05. The zero-order chi connectivity index (χ0) is 14.0. The van der Waals surface area contributed by atoms with Gasteiger partial charge < -0.3 is 15.4 Å². The van der Waals surface area contributed by atoms with Crippen molar-refractivity contribution in [2.75, 3.05) is 24.8 Å². The van der Waals surface area contributed by atoms with Crippen LogP contribution in [-0.4, -0.2) is 24.1 Å². The monoisotopic (exact) mass is 258 g/mol. The second kappa shape index (κ2) is 5.14. The Hall–Kier alpha value is -2.30. The SMILES string of the molecule is COc1ccc(N(C)c2nc(C)nc(N)c2C)cc1. The Kier molecular flexibility index (Phi) is 3.55. The minimum atomic E-state index is 0.517. The first kappa shape index (κ1) is 13.1. The Labute approximate surface area is 113 Å². The molecule has 100 valence electrons. The molecular formula is C14H18N4O. The summed E-state index contributed by atoms with van der Waals surface area (Å²) < 4.78 is 5.15. The lowest BCUT2D eigenvalue weighted by Crippen LogP contribution is -2.15. The lowest BCUT2D eigenvalue weighted by Gasteiger charge is -2.21. The molecule has 0 aliphatic carbocycles. The zero-order valence-corrected chi connectivity index (χ0v) is 11.6. The molecule has 2 N–H and O–H groups in total. The van der Waals surface area contributed by atoms with Crippen molar-refractivity contribution >= 4 is 17.3 Å². The minimum absolute atomic E-state index is 0.517. The summed E-state index contributed by atoms with van der Waals surface area (Å²) in [4.78, 5) is 10.6. The van der Waals surface area contributed by atoms with E-state index < -0.39 is 0 Å². The summed E-state index contributed by atoms with van der Waals surface area (Å²) in [6.07, 6.45) is 0. The third kappa shape index (κ3) is 2.59. The first-order valence-electron chi connectivity index (χ1n) is 6.01. The summed E-state index contributed by atoms with van der Waals surface area (Å²) in [6, 6.07) is 7.79. The molecule has 0 fully saturated rings. The molecular weight excluding hydrogens is 240 g/mol. The molecule has 2 rings (SSSR count). The minimum Gasteiger partial charge on any atom is -0.497 e. The highest BCUT2D eigenvalue weighted by Crippen LogP contribution is 2.28. The molecule has 1 heterocycles. The van der Waals surface area contributed by atoms with E-state index in [0.717, 1.165) is 22.8 Å². The van der Waals surface area contributed by atoms with Crippen molar-refractivity contribution in [3.8, 4) is 5.75 Å². The van der Waals surface area contributed by atoms with Gasteiger partial charge in [0.25, 0.3) is 0 Å². The van der Waals surface area contributed by atoms with E-state index in [1.807, 2.05) is 50.1 Å². The van der Waals surface area contributed by atoms with Crippen LogP contribution in [0.3, 0.4) is 0 Å². The van der Waals surface area contributed by atoms with E-state index in [4.69, 9.17) is 10.5 Å². The molecule has 1 aromatic carbocycles. The van der Waals surface area contributed by atoms with Crippen LogP contribution in [0.15, 0.2) is 24.3 Å². The van der Waals surface area contributed by atoms with Gasteiger partial charge in [0.05, 0.1) is 7.11 Å². The maximum absolute atomic E-state index is 5.89. The van der Waals surface area contributed by atoms with Gasteiger partial charge in [-0.2, -0.15) is 0 Å². The van der Waals surface area contributed by atoms with Crippen molar-refractivity contribution < 1.29 is 4.74 Å². The molecule has 0 spiro atoms. The van der Waals surface area contributed by atoms with E-state index in [-0.39, 0.29) is 0 Å². The number of anilines is 3. The topological polar surface area (TPSA) is 64.3 Å². The van der Waals surface area contributed by atoms with E-state index in [2.05, 4.69) is 9.97 Å². The fourth-order valence-corrected chi connectivity index (χ4v) is 1.89. The number of nitrogens with two attached hydrogens (primary N) is 1. The number of methoxy groups -OCH3 is 1. The van der Waals surface area contributed by atoms with Gasteiger partial charge in [0.1, 0.15) is 23.2 Å². The summed E-state index contributed by atoms with van der Waals surface area (Å²) in [6.45, 7) is 3.76. The predicted molar refractivity (Wildman–Crippen MR) is 77.0 cm³/mol. The lowest BCUT2D eigenvalue weighted by atomic mass is 10.2. The van der Waals surface area contributed by atoms with Gasteiger partial charge in [-0.05, 0) is 38.1 Å². The fraction of sp³-hybridized carbons (Fsp3) is 0.286. The second-order valence-corrected chi connectivity index (χ2v) is 4.36. The van der Waals surface area contributed by atoms with Crippen LogP contribution >= 0.6 is 0 Å². The molecule has 0 saturated carbocycles. The van der Waals surface area contributed by atoms with Crippen LogP contribution in [0.4, 0.5) is 17.3 Å². The van der Waals surface area contributed by atoms with E-state index >= 15 is 0 Å². The molecule has 0 saturated heterocycles. The van der Waals surface area contributed by atoms with Gasteiger partial charge in [-0.3, -0.25) is 0 Å². The smallest absolute Gasteiger partial charge is 0.141 e. The molecule has 19 heavy (non-hydrogen) atoms. The number of aryl methyl sites for hydroxylation is 1. The molecule has 0 unspecified atom stereocenters. The summed E-state index contributed by atoms with van der Waals surface area (Å²) in [5.74, 6) is 2.82. The standard InChI is InChI=1S/C14H18N4O/c1-9-13(15)16-10(2)17-14(9)18(3)11-5-7-12(19-4)8-6-11/h5-8H,1-4H3,(H2,15,16,17). The largest absolute Gasteiger partial charge is 0.497 e. The molecule has 0 aliphatic rings. The maximum Gasteiger partial charge on any atom is 0.141 e. The third-order valence-electron chi connectivity index (χ3n) is 3.05. The van der Waals surface area contributed by atoms with Crippen molar-refractivity contribution in [2.24, 2.45) is 0 Å². The van der Waals surface area contributed by atoms with E-state index in [0.29, 0.717) is 11.6 Å². The average Bonchev–Trinajstić information content (AvgIpc) is 2.42. The maximum atomic E-state index is 5.89. The average molecular weight is 258 g/mol. The Morgan fingerprint density at radius 1 is 1.11 bits per heavy atom. The van der Waals surface area contributed by atoms with Crippen LogP contribution < -0.4 is 15.4 Å². The van der Waals surface area contributed by atoms with E-state index in [9.17, 15) is 0 Å². The number of hydrogen-bond donors (Lipinski definition) is 1. The van der Waals surface area contributed by atoms with Crippen molar-refractivity contribution in [1.29, 1.82) is 0 Å². The summed E-state index contributed by atoms with van der Waals surface area (Å²) in [5.41, 5.74) is 7.78. The van der Waals surface area contributed by atoms with Crippen LogP contribution in [0.2, 0.25) is 0 Å². The number of ether oxygens (including phenoxy) is 1. The van der Waals surface area contributed by atoms with Crippen LogP contribution in [0.1, 0.15) is 11.4 Å². The normalized spacial score (nSPS) is 10.3. The molecule has 0 radical (unpaired) electrons. The first-order valence-corrected chi connectivity index (χ1v) is 6.01. The van der Waals surface area contributed by atoms with Crippen molar-refractivity contribution in [1.82, 2.24) is 9.97 Å². The molecule has 0 atom stereocenters. The Morgan fingerprint density at radius 2 is 1.74 bits per heavy atom. The highest BCUT2D eigenvalue weighted by Gasteiger charge is 2.12. The predicted octanol–water partition coefficient (Wildman–Crippen LogP) is 2.45. The summed E-state index contributed by atoms with van der Waals surface area (Å²) in [7, 11) is 3.60. The lowest BCUT2D eigenvalue weighted by molar-refractivity contribution is 0.415. The molecule has 1 aromatic heterocycles. The molecule has 0 aliphatic heterocycles. The number of aromatic nitrogens is 2. The van der Waals surface area contributed by atoms with Crippen LogP contribution in [0.5, 0.6) is 5.75 Å². The molecule has 5 heteroatoms.